The van der Waals surface area contributed by atoms with Gasteiger partial charge in [0.15, 0.2) is 0 Å². The van der Waals surface area contributed by atoms with Crippen LogP contribution in [-0.2, 0) is 4.79 Å². The zero-order valence-corrected chi connectivity index (χ0v) is 18.6. The molecule has 3 rings (SSSR count). The number of benzene rings is 1. The summed E-state index contributed by atoms with van der Waals surface area (Å²) in [5.41, 5.74) is 2.09. The van der Waals surface area contributed by atoms with Gasteiger partial charge in [0, 0.05) is 17.7 Å². The summed E-state index contributed by atoms with van der Waals surface area (Å²) >= 11 is 6.60. The van der Waals surface area contributed by atoms with E-state index in [9.17, 15) is 15.0 Å². The summed E-state index contributed by atoms with van der Waals surface area (Å²) in [7, 11) is 0. The predicted molar refractivity (Wildman–Crippen MR) is 120 cm³/mol. The molecule has 1 unspecified atom stereocenters. The molecule has 2 aliphatic rings. The molecule has 5 atom stereocenters. The van der Waals surface area contributed by atoms with E-state index in [-0.39, 0.29) is 23.6 Å². The van der Waals surface area contributed by atoms with E-state index in [1.807, 2.05) is 12.1 Å². The fourth-order valence-corrected chi connectivity index (χ4v) is 6.00. The molecule has 2 saturated carbocycles. The Hall–Kier alpha value is -1.10. The summed E-state index contributed by atoms with van der Waals surface area (Å²) in [6.07, 6.45) is 10.5. The normalized spacial score (nSPS) is 28.5. The topological polar surface area (TPSA) is 77.8 Å². The number of hydrogen-bond acceptors (Lipinski definition) is 3. The van der Waals surface area contributed by atoms with Crippen LogP contribution < -0.4 is 0 Å². The maximum Gasteiger partial charge on any atom is 0.303 e. The highest BCUT2D eigenvalue weighted by molar-refractivity contribution is 6.21. The molecule has 168 valence electrons. The number of rotatable bonds is 10. The standard InChI is InChI=1S/C25H37ClO4/c26-21-16-22(27)24(20(21)10-6-1-2-7-11-23(28)29)17-12-14-19(15-13-17)25(30)18-8-4-3-5-9-18/h12-15,18,20-22,24-25,27,30H,1-11,16H2,(H,28,29)/t20-,21-,22+,24+,25?/m0/s1. The van der Waals surface area contributed by atoms with E-state index in [0.717, 1.165) is 56.1 Å². The van der Waals surface area contributed by atoms with E-state index in [0.29, 0.717) is 12.3 Å². The Kier molecular flexibility index (Phi) is 9.03. The van der Waals surface area contributed by atoms with Crippen molar-refractivity contribution in [1.82, 2.24) is 0 Å². The molecule has 2 fully saturated rings. The van der Waals surface area contributed by atoms with Crippen LogP contribution in [0.4, 0.5) is 0 Å². The first kappa shape index (κ1) is 23.6. The van der Waals surface area contributed by atoms with Gasteiger partial charge in [0.25, 0.3) is 0 Å². The maximum absolute atomic E-state index is 10.8. The third-order valence-electron chi connectivity index (χ3n) is 7.24. The zero-order valence-electron chi connectivity index (χ0n) is 17.9. The minimum atomic E-state index is -0.730. The number of aliphatic hydroxyl groups is 2. The van der Waals surface area contributed by atoms with Gasteiger partial charge < -0.3 is 15.3 Å². The quantitative estimate of drug-likeness (QED) is 0.320. The molecule has 5 heteroatoms. The maximum atomic E-state index is 10.8. The van der Waals surface area contributed by atoms with Gasteiger partial charge in [-0.05, 0) is 55.1 Å². The zero-order chi connectivity index (χ0) is 21.5. The van der Waals surface area contributed by atoms with Gasteiger partial charge >= 0.3 is 5.97 Å². The Morgan fingerprint density at radius 2 is 1.70 bits per heavy atom. The van der Waals surface area contributed by atoms with E-state index in [1.165, 1.54) is 19.3 Å². The Bertz CT molecular complexity index is 656. The van der Waals surface area contributed by atoms with Gasteiger partial charge in [-0.25, -0.2) is 0 Å². The van der Waals surface area contributed by atoms with Crippen molar-refractivity contribution >= 4 is 17.6 Å². The first-order valence-electron chi connectivity index (χ1n) is 11.8. The van der Waals surface area contributed by atoms with Gasteiger partial charge in [-0.1, -0.05) is 62.8 Å². The van der Waals surface area contributed by atoms with Gasteiger partial charge in [-0.15, -0.1) is 11.6 Å². The van der Waals surface area contributed by atoms with E-state index >= 15 is 0 Å². The molecule has 30 heavy (non-hydrogen) atoms. The third-order valence-corrected chi connectivity index (χ3v) is 7.75. The van der Waals surface area contributed by atoms with Crippen molar-refractivity contribution in [2.75, 3.05) is 0 Å². The first-order valence-corrected chi connectivity index (χ1v) is 12.2. The fraction of sp³-hybridized carbons (Fsp3) is 0.720. The Balaban J connectivity index is 1.57. The van der Waals surface area contributed by atoms with Crippen LogP contribution in [0.5, 0.6) is 0 Å². The molecule has 1 aromatic rings. The van der Waals surface area contributed by atoms with Crippen LogP contribution in [0.2, 0.25) is 0 Å². The molecule has 1 aromatic carbocycles. The van der Waals surface area contributed by atoms with E-state index in [4.69, 9.17) is 16.7 Å². The Morgan fingerprint density at radius 3 is 2.37 bits per heavy atom. The van der Waals surface area contributed by atoms with Crippen molar-refractivity contribution in [2.24, 2.45) is 11.8 Å². The lowest BCUT2D eigenvalue weighted by Crippen LogP contribution is -2.19. The number of unbranched alkanes of at least 4 members (excludes halogenated alkanes) is 3. The molecule has 0 aliphatic heterocycles. The Labute approximate surface area is 185 Å². The van der Waals surface area contributed by atoms with Crippen molar-refractivity contribution in [3.8, 4) is 0 Å². The number of halogens is 1. The number of hydrogen-bond donors (Lipinski definition) is 3. The lowest BCUT2D eigenvalue weighted by molar-refractivity contribution is -0.137. The molecular formula is C25H37ClO4. The summed E-state index contributed by atoms with van der Waals surface area (Å²) in [6.45, 7) is 0. The van der Waals surface area contributed by atoms with Crippen LogP contribution in [0.15, 0.2) is 24.3 Å². The largest absolute Gasteiger partial charge is 0.481 e. The summed E-state index contributed by atoms with van der Waals surface area (Å²) < 4.78 is 0. The van der Waals surface area contributed by atoms with Crippen molar-refractivity contribution in [3.63, 3.8) is 0 Å². The number of aliphatic carboxylic acids is 1. The molecular weight excluding hydrogens is 400 g/mol. The van der Waals surface area contributed by atoms with Crippen molar-refractivity contribution in [1.29, 1.82) is 0 Å². The number of aliphatic hydroxyl groups excluding tert-OH is 2. The average Bonchev–Trinajstić information content (AvgIpc) is 3.03. The lowest BCUT2D eigenvalue weighted by Gasteiger charge is -2.28. The second-order valence-corrected chi connectivity index (χ2v) is 9.93. The van der Waals surface area contributed by atoms with Gasteiger partial charge in [0.2, 0.25) is 0 Å². The molecule has 0 radical (unpaired) electrons. The van der Waals surface area contributed by atoms with Crippen LogP contribution in [0.25, 0.3) is 0 Å². The minimum Gasteiger partial charge on any atom is -0.481 e. The summed E-state index contributed by atoms with van der Waals surface area (Å²) in [5, 5.41) is 30.1. The molecule has 0 bridgehead atoms. The Morgan fingerprint density at radius 1 is 1.03 bits per heavy atom. The van der Waals surface area contributed by atoms with Gasteiger partial charge in [0.05, 0.1) is 12.2 Å². The highest BCUT2D eigenvalue weighted by atomic mass is 35.5. The number of alkyl halides is 1. The summed E-state index contributed by atoms with van der Waals surface area (Å²) in [5.74, 6) is -0.0997. The monoisotopic (exact) mass is 436 g/mol. The summed E-state index contributed by atoms with van der Waals surface area (Å²) in [6, 6.07) is 8.21. The minimum absolute atomic E-state index is 0.0310. The van der Waals surface area contributed by atoms with Crippen molar-refractivity contribution < 1.29 is 20.1 Å². The van der Waals surface area contributed by atoms with Gasteiger partial charge in [0.1, 0.15) is 0 Å². The molecule has 0 amide bonds. The average molecular weight is 437 g/mol. The summed E-state index contributed by atoms with van der Waals surface area (Å²) in [4.78, 5) is 10.6. The van der Waals surface area contributed by atoms with Crippen LogP contribution in [0.1, 0.15) is 100 Å². The van der Waals surface area contributed by atoms with Crippen LogP contribution in [-0.4, -0.2) is 32.8 Å². The van der Waals surface area contributed by atoms with E-state index in [2.05, 4.69) is 12.1 Å². The molecule has 0 spiro atoms. The van der Waals surface area contributed by atoms with E-state index in [1.54, 1.807) is 0 Å². The fourth-order valence-electron chi connectivity index (χ4n) is 5.54. The SMILES string of the molecule is O=C(O)CCCCCC[C@@H]1[C@@H](c2ccc(C(O)C3CCCCC3)cc2)[C@H](O)C[C@@H]1Cl. The molecule has 0 saturated heterocycles. The first-order chi connectivity index (χ1) is 14.5. The second kappa shape index (κ2) is 11.5. The van der Waals surface area contributed by atoms with Crippen LogP contribution in [0.3, 0.4) is 0 Å². The van der Waals surface area contributed by atoms with Crippen LogP contribution in [0, 0.1) is 11.8 Å². The lowest BCUT2D eigenvalue weighted by atomic mass is 9.81. The van der Waals surface area contributed by atoms with Gasteiger partial charge in [-0.2, -0.15) is 0 Å². The number of carboxylic acids is 1. The molecule has 2 aliphatic carbocycles. The van der Waals surface area contributed by atoms with Gasteiger partial charge in [-0.3, -0.25) is 4.79 Å². The molecule has 3 N–H and O–H groups in total. The number of carboxylic acid groups (broad SMARTS) is 1. The molecule has 4 nitrogen and oxygen atoms in total. The van der Waals surface area contributed by atoms with Crippen molar-refractivity contribution in [2.45, 2.75) is 101 Å². The smallest absolute Gasteiger partial charge is 0.303 e. The number of carbonyl (C=O) groups is 1. The molecule has 0 heterocycles. The second-order valence-electron chi connectivity index (χ2n) is 9.36. The van der Waals surface area contributed by atoms with Crippen molar-refractivity contribution in [3.05, 3.63) is 35.4 Å². The molecule has 0 aromatic heterocycles. The van der Waals surface area contributed by atoms with Crippen LogP contribution >= 0.6 is 11.6 Å². The highest BCUT2D eigenvalue weighted by Crippen LogP contribution is 2.45. The predicted octanol–water partition coefficient (Wildman–Crippen LogP) is 5.80. The third kappa shape index (κ3) is 6.21. The van der Waals surface area contributed by atoms with E-state index < -0.39 is 18.2 Å². The highest BCUT2D eigenvalue weighted by Gasteiger charge is 2.41.